The van der Waals surface area contributed by atoms with Crippen LogP contribution in [-0.4, -0.2) is 6.10 Å². The first kappa shape index (κ1) is 19.2. The molecule has 0 aliphatic carbocycles. The highest BCUT2D eigenvalue weighted by molar-refractivity contribution is 5.42. The standard InChI is InChI=1S/C20H28N2O/c1-3-5-6-7-8-10-20(9-4-2)23-16-19-12-17(14-21)11-18(13-19)15-22/h11-13,20H,3-10,16H2,1-2H3. The third-order valence-electron chi connectivity index (χ3n) is 3.98. The molecule has 0 radical (unpaired) electrons. The number of nitriles is 2. The van der Waals surface area contributed by atoms with Gasteiger partial charge in [-0.15, -0.1) is 0 Å². The molecular weight excluding hydrogens is 284 g/mol. The lowest BCUT2D eigenvalue weighted by atomic mass is 10.0. The van der Waals surface area contributed by atoms with Crippen LogP contribution in [0.3, 0.4) is 0 Å². The first-order chi connectivity index (χ1) is 11.2. The second-order valence-corrected chi connectivity index (χ2v) is 6.07. The molecule has 0 bridgehead atoms. The summed E-state index contributed by atoms with van der Waals surface area (Å²) in [4.78, 5) is 0. The van der Waals surface area contributed by atoms with E-state index in [1.165, 1.54) is 32.1 Å². The van der Waals surface area contributed by atoms with Gasteiger partial charge in [0.15, 0.2) is 0 Å². The molecule has 0 aliphatic rings. The van der Waals surface area contributed by atoms with Gasteiger partial charge in [-0.1, -0.05) is 52.4 Å². The van der Waals surface area contributed by atoms with Crippen LogP contribution >= 0.6 is 0 Å². The number of ether oxygens (including phenoxy) is 1. The molecule has 0 spiro atoms. The molecule has 1 aromatic carbocycles. The predicted octanol–water partition coefficient (Wildman–Crippen LogP) is 5.48. The van der Waals surface area contributed by atoms with E-state index < -0.39 is 0 Å². The fraction of sp³-hybridized carbons (Fsp3) is 0.600. The minimum Gasteiger partial charge on any atom is -0.374 e. The Bertz CT molecular complexity index is 507. The van der Waals surface area contributed by atoms with Crippen molar-refractivity contribution >= 4 is 0 Å². The highest BCUT2D eigenvalue weighted by atomic mass is 16.5. The van der Waals surface area contributed by atoms with Crippen molar-refractivity contribution in [3.05, 3.63) is 34.9 Å². The first-order valence-electron chi connectivity index (χ1n) is 8.79. The molecular formula is C20H28N2O. The summed E-state index contributed by atoms with van der Waals surface area (Å²) >= 11 is 0. The van der Waals surface area contributed by atoms with E-state index in [1.807, 2.05) is 12.1 Å². The van der Waals surface area contributed by atoms with Crippen LogP contribution in [0.1, 0.15) is 81.9 Å². The van der Waals surface area contributed by atoms with Crippen LogP contribution in [0.4, 0.5) is 0 Å². The van der Waals surface area contributed by atoms with Gasteiger partial charge in [0, 0.05) is 0 Å². The Kier molecular flexibility index (Phi) is 9.76. The first-order valence-corrected chi connectivity index (χ1v) is 8.79. The van der Waals surface area contributed by atoms with Crippen molar-refractivity contribution in [2.45, 2.75) is 77.9 Å². The third-order valence-corrected chi connectivity index (χ3v) is 3.98. The maximum Gasteiger partial charge on any atom is 0.0992 e. The summed E-state index contributed by atoms with van der Waals surface area (Å²) in [7, 11) is 0. The summed E-state index contributed by atoms with van der Waals surface area (Å²) in [5, 5.41) is 18.1. The van der Waals surface area contributed by atoms with Crippen molar-refractivity contribution in [3.63, 3.8) is 0 Å². The van der Waals surface area contributed by atoms with E-state index in [4.69, 9.17) is 15.3 Å². The summed E-state index contributed by atoms with van der Waals surface area (Å²) in [5.74, 6) is 0. The Morgan fingerprint density at radius 2 is 1.52 bits per heavy atom. The number of hydrogen-bond acceptors (Lipinski definition) is 3. The largest absolute Gasteiger partial charge is 0.374 e. The molecule has 0 N–H and O–H groups in total. The Labute approximate surface area is 140 Å². The molecule has 0 aliphatic heterocycles. The Balaban J connectivity index is 2.51. The van der Waals surface area contributed by atoms with Crippen molar-refractivity contribution in [2.24, 2.45) is 0 Å². The van der Waals surface area contributed by atoms with Crippen molar-refractivity contribution in [3.8, 4) is 12.1 Å². The maximum atomic E-state index is 9.03. The van der Waals surface area contributed by atoms with Crippen molar-refractivity contribution in [1.82, 2.24) is 0 Å². The second kappa shape index (κ2) is 11.7. The van der Waals surface area contributed by atoms with E-state index in [0.717, 1.165) is 24.8 Å². The fourth-order valence-corrected chi connectivity index (χ4v) is 2.73. The van der Waals surface area contributed by atoms with E-state index in [-0.39, 0.29) is 6.10 Å². The number of benzene rings is 1. The van der Waals surface area contributed by atoms with Crippen LogP contribution < -0.4 is 0 Å². The monoisotopic (exact) mass is 312 g/mol. The lowest BCUT2D eigenvalue weighted by Gasteiger charge is -2.17. The van der Waals surface area contributed by atoms with Gasteiger partial charge in [0.05, 0.1) is 36.0 Å². The van der Waals surface area contributed by atoms with Crippen LogP contribution in [-0.2, 0) is 11.3 Å². The van der Waals surface area contributed by atoms with Gasteiger partial charge in [0.25, 0.3) is 0 Å². The molecule has 0 saturated heterocycles. The normalized spacial score (nSPS) is 11.7. The van der Waals surface area contributed by atoms with Crippen LogP contribution in [0, 0.1) is 22.7 Å². The lowest BCUT2D eigenvalue weighted by Crippen LogP contribution is -2.13. The lowest BCUT2D eigenvalue weighted by molar-refractivity contribution is 0.0273. The van der Waals surface area contributed by atoms with Gasteiger partial charge < -0.3 is 4.74 Å². The van der Waals surface area contributed by atoms with Gasteiger partial charge in [-0.05, 0) is 36.6 Å². The Hall–Kier alpha value is -1.84. The topological polar surface area (TPSA) is 56.8 Å². The number of nitrogens with zero attached hydrogens (tertiary/aromatic N) is 2. The fourth-order valence-electron chi connectivity index (χ4n) is 2.73. The van der Waals surface area contributed by atoms with Crippen LogP contribution in [0.15, 0.2) is 18.2 Å². The number of hydrogen-bond donors (Lipinski definition) is 0. The SMILES string of the molecule is CCCCCCCC(CCC)OCc1cc(C#N)cc(C#N)c1. The third kappa shape index (κ3) is 7.82. The van der Waals surface area contributed by atoms with Gasteiger partial charge in [0.1, 0.15) is 0 Å². The molecule has 124 valence electrons. The predicted molar refractivity (Wildman–Crippen MR) is 92.7 cm³/mol. The van der Waals surface area contributed by atoms with Crippen molar-refractivity contribution < 1.29 is 4.74 Å². The summed E-state index contributed by atoms with van der Waals surface area (Å²) in [6.07, 6.45) is 9.94. The maximum absolute atomic E-state index is 9.03. The Morgan fingerprint density at radius 1 is 0.870 bits per heavy atom. The van der Waals surface area contributed by atoms with Gasteiger partial charge in [0.2, 0.25) is 0 Å². The van der Waals surface area contributed by atoms with Crippen molar-refractivity contribution in [2.75, 3.05) is 0 Å². The van der Waals surface area contributed by atoms with Crippen molar-refractivity contribution in [1.29, 1.82) is 10.5 Å². The molecule has 23 heavy (non-hydrogen) atoms. The molecule has 0 amide bonds. The molecule has 1 unspecified atom stereocenters. The number of unbranched alkanes of at least 4 members (excludes halogenated alkanes) is 4. The summed E-state index contributed by atoms with van der Waals surface area (Å²) in [5.41, 5.74) is 1.95. The van der Waals surface area contributed by atoms with E-state index in [1.54, 1.807) is 6.07 Å². The van der Waals surface area contributed by atoms with Crippen LogP contribution in [0.5, 0.6) is 0 Å². The molecule has 0 heterocycles. The average molecular weight is 312 g/mol. The second-order valence-electron chi connectivity index (χ2n) is 6.07. The van der Waals surface area contributed by atoms with E-state index in [0.29, 0.717) is 17.7 Å². The Morgan fingerprint density at radius 3 is 2.09 bits per heavy atom. The molecule has 1 aromatic rings. The molecule has 0 saturated carbocycles. The van der Waals surface area contributed by atoms with Crippen LogP contribution in [0.2, 0.25) is 0 Å². The highest BCUT2D eigenvalue weighted by Crippen LogP contribution is 2.17. The summed E-state index contributed by atoms with van der Waals surface area (Å²) in [6, 6.07) is 9.44. The van der Waals surface area contributed by atoms with E-state index in [2.05, 4.69) is 26.0 Å². The van der Waals surface area contributed by atoms with Gasteiger partial charge in [-0.25, -0.2) is 0 Å². The minimum absolute atomic E-state index is 0.276. The molecule has 3 heteroatoms. The molecule has 3 nitrogen and oxygen atoms in total. The van der Waals surface area contributed by atoms with Gasteiger partial charge in [-0.2, -0.15) is 10.5 Å². The smallest absolute Gasteiger partial charge is 0.0992 e. The quantitative estimate of drug-likeness (QED) is 0.509. The zero-order chi connectivity index (χ0) is 16.9. The van der Waals surface area contributed by atoms with Gasteiger partial charge in [-0.3, -0.25) is 0 Å². The molecule has 0 fully saturated rings. The number of rotatable bonds is 11. The van der Waals surface area contributed by atoms with E-state index in [9.17, 15) is 0 Å². The highest BCUT2D eigenvalue weighted by Gasteiger charge is 2.09. The summed E-state index contributed by atoms with van der Waals surface area (Å²) < 4.78 is 6.06. The zero-order valence-electron chi connectivity index (χ0n) is 14.5. The van der Waals surface area contributed by atoms with Crippen LogP contribution in [0.25, 0.3) is 0 Å². The molecule has 1 atom stereocenters. The summed E-state index contributed by atoms with van der Waals surface area (Å²) in [6.45, 7) is 4.88. The average Bonchev–Trinajstić information content (AvgIpc) is 2.58. The molecule has 1 rings (SSSR count). The zero-order valence-corrected chi connectivity index (χ0v) is 14.5. The van der Waals surface area contributed by atoms with E-state index >= 15 is 0 Å². The molecule has 0 aromatic heterocycles. The minimum atomic E-state index is 0.276. The van der Waals surface area contributed by atoms with Gasteiger partial charge >= 0.3 is 0 Å².